The number of rotatable bonds is 6. The van der Waals surface area contributed by atoms with Crippen LogP contribution in [0.3, 0.4) is 0 Å². The number of benzene rings is 5. The Kier molecular flexibility index (Phi) is 6.61. The van der Waals surface area contributed by atoms with Crippen LogP contribution in [0.2, 0.25) is 0 Å². The molecule has 0 aliphatic carbocycles. The standard InChI is InChI=1S/C30H23O3PS/c31-35(32,33)30-22-12-11-21-29(30)34(27-19-9-7-17-25(27)23-13-3-1-4-14-23)28-20-10-8-18-26(28)24-15-5-2-6-16-24/h1-22H,(H,31,32,33). The van der Waals surface area contributed by atoms with Crippen molar-refractivity contribution in [2.45, 2.75) is 4.90 Å². The van der Waals surface area contributed by atoms with Crippen molar-refractivity contribution in [2.75, 3.05) is 0 Å². The summed E-state index contributed by atoms with van der Waals surface area (Å²) < 4.78 is 35.2. The first kappa shape index (κ1) is 23.2. The van der Waals surface area contributed by atoms with Gasteiger partial charge in [0.05, 0.1) is 0 Å². The molecule has 0 radical (unpaired) electrons. The molecule has 0 aliphatic rings. The lowest BCUT2D eigenvalue weighted by atomic mass is 10.1. The van der Waals surface area contributed by atoms with E-state index in [1.54, 1.807) is 6.07 Å². The molecule has 172 valence electrons. The predicted octanol–water partition coefficient (Wildman–Crippen LogP) is 6.03. The molecule has 0 aliphatic heterocycles. The molecule has 3 nitrogen and oxygen atoms in total. The molecule has 35 heavy (non-hydrogen) atoms. The fraction of sp³-hybridized carbons (Fsp3) is 0. The van der Waals surface area contributed by atoms with E-state index in [2.05, 4.69) is 48.5 Å². The van der Waals surface area contributed by atoms with Gasteiger partial charge in [-0.1, -0.05) is 127 Å². The molecule has 0 bridgehead atoms. The Morgan fingerprint density at radius 3 is 1.29 bits per heavy atom. The molecule has 0 atom stereocenters. The Labute approximate surface area is 207 Å². The molecule has 5 aromatic rings. The van der Waals surface area contributed by atoms with Crippen LogP contribution in [-0.4, -0.2) is 13.0 Å². The Bertz CT molecular complexity index is 1480. The zero-order chi connectivity index (χ0) is 24.3. The Hall–Kier alpha value is -3.56. The van der Waals surface area contributed by atoms with E-state index in [1.807, 2.05) is 72.8 Å². The zero-order valence-corrected chi connectivity index (χ0v) is 20.5. The van der Waals surface area contributed by atoms with Crippen LogP contribution in [0.15, 0.2) is 138 Å². The van der Waals surface area contributed by atoms with Crippen LogP contribution in [0.5, 0.6) is 0 Å². The van der Waals surface area contributed by atoms with E-state index in [-0.39, 0.29) is 4.90 Å². The van der Waals surface area contributed by atoms with E-state index in [9.17, 15) is 13.0 Å². The highest BCUT2D eigenvalue weighted by Crippen LogP contribution is 2.41. The third-order valence-corrected chi connectivity index (χ3v) is 9.52. The summed E-state index contributed by atoms with van der Waals surface area (Å²) in [7, 11) is -5.79. The quantitative estimate of drug-likeness (QED) is 0.232. The smallest absolute Gasteiger partial charge is 0.282 e. The van der Waals surface area contributed by atoms with E-state index < -0.39 is 18.0 Å². The van der Waals surface area contributed by atoms with Gasteiger partial charge in [0.15, 0.2) is 0 Å². The average Bonchev–Trinajstić information content (AvgIpc) is 2.90. The second kappa shape index (κ2) is 9.97. The maximum Gasteiger partial charge on any atom is 0.295 e. The van der Waals surface area contributed by atoms with Crippen molar-refractivity contribution < 1.29 is 13.0 Å². The first-order valence-electron chi connectivity index (χ1n) is 11.2. The van der Waals surface area contributed by atoms with Crippen LogP contribution in [-0.2, 0) is 10.1 Å². The second-order valence-electron chi connectivity index (χ2n) is 8.04. The lowest BCUT2D eigenvalue weighted by Crippen LogP contribution is -2.27. The van der Waals surface area contributed by atoms with E-state index in [1.165, 1.54) is 6.07 Å². The van der Waals surface area contributed by atoms with Crippen LogP contribution in [0, 0.1) is 0 Å². The number of hydrogen-bond donors (Lipinski definition) is 1. The zero-order valence-electron chi connectivity index (χ0n) is 18.8. The van der Waals surface area contributed by atoms with Gasteiger partial charge in [-0.25, -0.2) is 0 Å². The largest absolute Gasteiger partial charge is 0.295 e. The van der Waals surface area contributed by atoms with Gasteiger partial charge >= 0.3 is 0 Å². The highest BCUT2D eigenvalue weighted by Gasteiger charge is 2.28. The van der Waals surface area contributed by atoms with E-state index >= 15 is 0 Å². The van der Waals surface area contributed by atoms with Gasteiger partial charge in [0.25, 0.3) is 10.1 Å². The minimum Gasteiger partial charge on any atom is -0.282 e. The SMILES string of the molecule is O=S(=O)(O)c1ccccc1P(c1ccccc1-c1ccccc1)c1ccccc1-c1ccccc1. The summed E-state index contributed by atoms with van der Waals surface area (Å²) in [5.41, 5.74) is 4.17. The Balaban J connectivity index is 1.85. The van der Waals surface area contributed by atoms with Crippen molar-refractivity contribution in [2.24, 2.45) is 0 Å². The molecule has 0 aromatic heterocycles. The molecule has 0 heterocycles. The third kappa shape index (κ3) is 4.82. The lowest BCUT2D eigenvalue weighted by molar-refractivity contribution is 0.484. The van der Waals surface area contributed by atoms with Crippen molar-refractivity contribution >= 4 is 34.0 Å². The molecule has 0 fully saturated rings. The maximum absolute atomic E-state index is 12.5. The van der Waals surface area contributed by atoms with Gasteiger partial charge < -0.3 is 0 Å². The second-order valence-corrected chi connectivity index (χ2v) is 11.6. The summed E-state index contributed by atoms with van der Waals surface area (Å²) >= 11 is 0. The molecular weight excluding hydrogens is 471 g/mol. The van der Waals surface area contributed by atoms with Crippen molar-refractivity contribution in [3.8, 4) is 22.3 Å². The fourth-order valence-electron chi connectivity index (χ4n) is 4.31. The third-order valence-electron chi connectivity index (χ3n) is 5.84. The predicted molar refractivity (Wildman–Crippen MR) is 146 cm³/mol. The maximum atomic E-state index is 12.5. The van der Waals surface area contributed by atoms with E-state index in [4.69, 9.17) is 0 Å². The molecule has 5 rings (SSSR count). The van der Waals surface area contributed by atoms with Gasteiger partial charge in [0.2, 0.25) is 0 Å². The van der Waals surface area contributed by atoms with Crippen molar-refractivity contribution in [3.05, 3.63) is 133 Å². The Morgan fingerprint density at radius 1 is 0.457 bits per heavy atom. The van der Waals surface area contributed by atoms with Crippen molar-refractivity contribution in [1.82, 2.24) is 0 Å². The summed E-state index contributed by atoms with van der Waals surface area (Å²) in [4.78, 5) is -0.0585. The highest BCUT2D eigenvalue weighted by atomic mass is 32.2. The molecule has 1 N–H and O–H groups in total. The molecule has 5 heteroatoms. The number of hydrogen-bond acceptors (Lipinski definition) is 2. The minimum absolute atomic E-state index is 0.0585. The van der Waals surface area contributed by atoms with E-state index in [0.717, 1.165) is 32.9 Å². The lowest BCUT2D eigenvalue weighted by Gasteiger charge is -2.26. The molecule has 5 aromatic carbocycles. The van der Waals surface area contributed by atoms with Crippen LogP contribution in [0.1, 0.15) is 0 Å². The van der Waals surface area contributed by atoms with Crippen LogP contribution in [0.25, 0.3) is 22.3 Å². The summed E-state index contributed by atoms with van der Waals surface area (Å²) in [6.07, 6.45) is 0. The normalized spacial score (nSPS) is 11.5. The molecule has 0 saturated heterocycles. The monoisotopic (exact) mass is 494 g/mol. The van der Waals surface area contributed by atoms with Gasteiger partial charge in [-0.15, -0.1) is 0 Å². The fourth-order valence-corrected chi connectivity index (χ4v) is 8.18. The molecular formula is C30H23O3PS. The summed E-state index contributed by atoms with van der Waals surface area (Å²) in [5, 5.41) is 2.64. The van der Waals surface area contributed by atoms with Gasteiger partial charge in [-0.2, -0.15) is 8.42 Å². The van der Waals surface area contributed by atoms with Gasteiger partial charge in [0.1, 0.15) is 4.90 Å². The van der Waals surface area contributed by atoms with Crippen LogP contribution < -0.4 is 15.9 Å². The van der Waals surface area contributed by atoms with Crippen LogP contribution >= 0.6 is 7.92 Å². The average molecular weight is 495 g/mol. The minimum atomic E-state index is -4.43. The Morgan fingerprint density at radius 2 is 0.829 bits per heavy atom. The molecule has 0 saturated carbocycles. The van der Waals surface area contributed by atoms with E-state index in [0.29, 0.717) is 5.30 Å². The summed E-state index contributed by atoms with van der Waals surface area (Å²) in [5.74, 6) is 0. The topological polar surface area (TPSA) is 54.4 Å². The molecule has 0 unspecified atom stereocenters. The summed E-state index contributed by atoms with van der Waals surface area (Å²) in [6, 6.07) is 43.2. The van der Waals surface area contributed by atoms with Crippen LogP contribution in [0.4, 0.5) is 0 Å². The highest BCUT2D eigenvalue weighted by molar-refractivity contribution is 7.88. The molecule has 0 spiro atoms. The van der Waals surface area contributed by atoms with Gasteiger partial charge in [-0.05, 0) is 46.9 Å². The summed E-state index contributed by atoms with van der Waals surface area (Å²) in [6.45, 7) is 0. The molecule has 0 amide bonds. The first-order valence-corrected chi connectivity index (χ1v) is 14.0. The van der Waals surface area contributed by atoms with Crippen molar-refractivity contribution in [3.63, 3.8) is 0 Å². The first-order chi connectivity index (χ1) is 17.0. The van der Waals surface area contributed by atoms with Gasteiger partial charge in [-0.3, -0.25) is 4.55 Å². The van der Waals surface area contributed by atoms with Gasteiger partial charge in [0, 0.05) is 5.30 Å². The van der Waals surface area contributed by atoms with Crippen molar-refractivity contribution in [1.29, 1.82) is 0 Å².